The van der Waals surface area contributed by atoms with Gasteiger partial charge in [-0.2, -0.15) is 0 Å². The van der Waals surface area contributed by atoms with Crippen LogP contribution in [0.25, 0.3) is 5.65 Å². The molecule has 0 atom stereocenters. The molecule has 0 amide bonds. The van der Waals surface area contributed by atoms with Crippen LogP contribution in [0.2, 0.25) is 0 Å². The highest BCUT2D eigenvalue weighted by atomic mass is 15.3. The van der Waals surface area contributed by atoms with E-state index >= 15 is 0 Å². The molecule has 2 N–H and O–H groups in total. The molecule has 0 aliphatic rings. The van der Waals surface area contributed by atoms with Crippen molar-refractivity contribution in [1.82, 2.24) is 30.1 Å². The van der Waals surface area contributed by atoms with E-state index < -0.39 is 0 Å². The Morgan fingerprint density at radius 3 is 2.62 bits per heavy atom. The van der Waals surface area contributed by atoms with Crippen LogP contribution in [0.15, 0.2) is 53.7 Å². The molecule has 0 radical (unpaired) electrons. The van der Waals surface area contributed by atoms with Crippen molar-refractivity contribution >= 4 is 11.6 Å². The van der Waals surface area contributed by atoms with E-state index in [-0.39, 0.29) is 0 Å². The molecule has 0 spiro atoms. The third kappa shape index (κ3) is 5.77. The van der Waals surface area contributed by atoms with Gasteiger partial charge in [-0.1, -0.05) is 44.2 Å². The molecule has 29 heavy (non-hydrogen) atoms. The zero-order chi connectivity index (χ0) is 20.5. The number of aliphatic imine (C=N–C) groups is 1. The summed E-state index contributed by atoms with van der Waals surface area (Å²) in [6.45, 7) is 11.5. The molecular formula is C22H31N7. The van der Waals surface area contributed by atoms with E-state index in [9.17, 15) is 0 Å². The van der Waals surface area contributed by atoms with Crippen LogP contribution < -0.4 is 10.6 Å². The van der Waals surface area contributed by atoms with E-state index in [1.165, 1.54) is 11.1 Å². The van der Waals surface area contributed by atoms with E-state index in [0.29, 0.717) is 13.1 Å². The third-order valence-electron chi connectivity index (χ3n) is 4.85. The summed E-state index contributed by atoms with van der Waals surface area (Å²) >= 11 is 0. The Morgan fingerprint density at radius 2 is 1.83 bits per heavy atom. The topological polar surface area (TPSA) is 69.8 Å². The van der Waals surface area contributed by atoms with Gasteiger partial charge in [-0.05, 0) is 43.3 Å². The second kappa shape index (κ2) is 10.6. The summed E-state index contributed by atoms with van der Waals surface area (Å²) in [7, 11) is 0. The zero-order valence-corrected chi connectivity index (χ0v) is 17.6. The molecule has 0 unspecified atom stereocenters. The number of nitrogens with one attached hydrogen (secondary N) is 2. The lowest BCUT2D eigenvalue weighted by Crippen LogP contribution is -2.37. The Balaban J connectivity index is 1.64. The largest absolute Gasteiger partial charge is 0.357 e. The molecule has 7 nitrogen and oxygen atoms in total. The fourth-order valence-electron chi connectivity index (χ4n) is 3.22. The highest BCUT2D eigenvalue weighted by Crippen LogP contribution is 2.09. The van der Waals surface area contributed by atoms with Crippen molar-refractivity contribution in [3.8, 4) is 0 Å². The molecule has 3 rings (SSSR count). The summed E-state index contributed by atoms with van der Waals surface area (Å²) < 4.78 is 1.98. The monoisotopic (exact) mass is 393 g/mol. The normalized spacial score (nSPS) is 11.9. The number of benzene rings is 1. The SMILES string of the molecule is CCNC(=NCc1cccc(CN(CC)CC)c1)NCc1nnc2ccccn12. The lowest BCUT2D eigenvalue weighted by atomic mass is 10.1. The van der Waals surface area contributed by atoms with Gasteiger partial charge in [-0.15, -0.1) is 10.2 Å². The molecule has 2 aromatic heterocycles. The van der Waals surface area contributed by atoms with E-state index in [0.717, 1.165) is 43.6 Å². The maximum Gasteiger partial charge on any atom is 0.191 e. The number of nitrogens with zero attached hydrogens (tertiary/aromatic N) is 5. The third-order valence-corrected chi connectivity index (χ3v) is 4.85. The highest BCUT2D eigenvalue weighted by molar-refractivity contribution is 5.79. The molecule has 0 saturated carbocycles. The first-order valence-electron chi connectivity index (χ1n) is 10.3. The lowest BCUT2D eigenvalue weighted by Gasteiger charge is -2.18. The maximum absolute atomic E-state index is 4.75. The molecule has 0 saturated heterocycles. The van der Waals surface area contributed by atoms with Gasteiger partial charge >= 0.3 is 0 Å². The number of hydrogen-bond acceptors (Lipinski definition) is 4. The van der Waals surface area contributed by atoms with Gasteiger partial charge < -0.3 is 10.6 Å². The summed E-state index contributed by atoms with van der Waals surface area (Å²) in [6.07, 6.45) is 1.97. The number of aromatic nitrogens is 3. The van der Waals surface area contributed by atoms with Gasteiger partial charge in [0.1, 0.15) is 0 Å². The standard InChI is InChI=1S/C22H31N7/c1-4-23-22(25-16-21-27-26-20-12-7-8-13-29(20)21)24-15-18-10-9-11-19(14-18)17-28(5-2)6-3/h7-14H,4-6,15-17H2,1-3H3,(H2,23,24,25). The first kappa shape index (κ1) is 20.8. The summed E-state index contributed by atoms with van der Waals surface area (Å²) in [4.78, 5) is 7.16. The van der Waals surface area contributed by atoms with Gasteiger partial charge in [-0.25, -0.2) is 4.99 Å². The first-order chi connectivity index (χ1) is 14.2. The van der Waals surface area contributed by atoms with Gasteiger partial charge in [0.15, 0.2) is 17.4 Å². The molecule has 3 aromatic rings. The summed E-state index contributed by atoms with van der Waals surface area (Å²) in [5.74, 6) is 1.63. The quantitative estimate of drug-likeness (QED) is 0.432. The van der Waals surface area contributed by atoms with Crippen LogP contribution in [0.1, 0.15) is 37.7 Å². The van der Waals surface area contributed by atoms with Gasteiger partial charge in [-0.3, -0.25) is 9.30 Å². The van der Waals surface area contributed by atoms with E-state index in [4.69, 9.17) is 4.99 Å². The molecule has 7 heteroatoms. The minimum atomic E-state index is 0.555. The number of guanidine groups is 1. The van der Waals surface area contributed by atoms with Crippen LogP contribution >= 0.6 is 0 Å². The van der Waals surface area contributed by atoms with Crippen LogP contribution in [0.4, 0.5) is 0 Å². The predicted molar refractivity (Wildman–Crippen MR) is 118 cm³/mol. The number of hydrogen-bond donors (Lipinski definition) is 2. The highest BCUT2D eigenvalue weighted by Gasteiger charge is 2.06. The van der Waals surface area contributed by atoms with Crippen LogP contribution in [-0.2, 0) is 19.6 Å². The van der Waals surface area contributed by atoms with Crippen molar-refractivity contribution in [2.75, 3.05) is 19.6 Å². The van der Waals surface area contributed by atoms with Crippen molar-refractivity contribution in [2.45, 2.75) is 40.4 Å². The zero-order valence-electron chi connectivity index (χ0n) is 17.6. The fraction of sp³-hybridized carbons (Fsp3) is 0.409. The minimum absolute atomic E-state index is 0.555. The van der Waals surface area contributed by atoms with Crippen molar-refractivity contribution < 1.29 is 0 Å². The van der Waals surface area contributed by atoms with Crippen LogP contribution in [0.3, 0.4) is 0 Å². The van der Waals surface area contributed by atoms with Crippen molar-refractivity contribution in [3.05, 3.63) is 65.6 Å². The van der Waals surface area contributed by atoms with Crippen molar-refractivity contribution in [1.29, 1.82) is 0 Å². The van der Waals surface area contributed by atoms with Crippen molar-refractivity contribution in [3.63, 3.8) is 0 Å². The summed E-state index contributed by atoms with van der Waals surface area (Å²) in [6, 6.07) is 14.6. The molecular weight excluding hydrogens is 362 g/mol. The summed E-state index contributed by atoms with van der Waals surface area (Å²) in [5.41, 5.74) is 3.38. The maximum atomic E-state index is 4.75. The molecule has 2 heterocycles. The van der Waals surface area contributed by atoms with E-state index in [1.807, 2.05) is 28.8 Å². The molecule has 0 aliphatic carbocycles. The van der Waals surface area contributed by atoms with Gasteiger partial charge in [0, 0.05) is 19.3 Å². The Morgan fingerprint density at radius 1 is 1.00 bits per heavy atom. The van der Waals surface area contributed by atoms with E-state index in [2.05, 4.69) is 70.8 Å². The Bertz CT molecular complexity index is 928. The van der Waals surface area contributed by atoms with Gasteiger partial charge in [0.05, 0.1) is 13.1 Å². The van der Waals surface area contributed by atoms with Gasteiger partial charge in [0.2, 0.25) is 0 Å². The fourth-order valence-corrected chi connectivity index (χ4v) is 3.22. The van der Waals surface area contributed by atoms with Gasteiger partial charge in [0.25, 0.3) is 0 Å². The van der Waals surface area contributed by atoms with Crippen LogP contribution in [0, 0.1) is 0 Å². The number of pyridine rings is 1. The minimum Gasteiger partial charge on any atom is -0.357 e. The van der Waals surface area contributed by atoms with E-state index in [1.54, 1.807) is 0 Å². The predicted octanol–water partition coefficient (Wildman–Crippen LogP) is 2.83. The molecule has 1 aromatic carbocycles. The smallest absolute Gasteiger partial charge is 0.191 e. The average molecular weight is 394 g/mol. The van der Waals surface area contributed by atoms with Crippen molar-refractivity contribution in [2.24, 2.45) is 4.99 Å². The molecule has 0 aliphatic heterocycles. The Hall–Kier alpha value is -2.93. The Kier molecular flexibility index (Phi) is 7.58. The second-order valence-corrected chi connectivity index (χ2v) is 6.88. The Labute approximate surface area is 172 Å². The summed E-state index contributed by atoms with van der Waals surface area (Å²) in [5, 5.41) is 15.1. The number of fused-ring (bicyclic) bond motifs is 1. The molecule has 0 bridgehead atoms. The molecule has 0 fully saturated rings. The number of rotatable bonds is 9. The van der Waals surface area contributed by atoms with Crippen LogP contribution in [0.5, 0.6) is 0 Å². The average Bonchev–Trinajstić information content (AvgIpc) is 3.17. The lowest BCUT2D eigenvalue weighted by molar-refractivity contribution is 0.296. The van der Waals surface area contributed by atoms with Crippen LogP contribution in [-0.4, -0.2) is 45.1 Å². The molecule has 154 valence electrons. The first-order valence-corrected chi connectivity index (χ1v) is 10.3. The second-order valence-electron chi connectivity index (χ2n) is 6.88.